The van der Waals surface area contributed by atoms with Gasteiger partial charge in [0, 0.05) is 182 Å². The molecule has 710 valence electrons. The third-order valence-corrected chi connectivity index (χ3v) is 23.8. The van der Waals surface area contributed by atoms with Crippen LogP contribution >= 0.6 is 0 Å². The summed E-state index contributed by atoms with van der Waals surface area (Å²) in [5, 5.41) is 64.6. The molecule has 33 heteroatoms. The van der Waals surface area contributed by atoms with Gasteiger partial charge in [-0.25, -0.2) is 8.78 Å². The number of aromatic amines is 4. The highest BCUT2D eigenvalue weighted by Crippen LogP contribution is 2.41. The van der Waals surface area contributed by atoms with Crippen LogP contribution in [0.2, 0.25) is 0 Å². The van der Waals surface area contributed by atoms with Crippen molar-refractivity contribution in [3.05, 3.63) is 264 Å². The molecule has 16 rings (SSSR count). The zero-order valence-corrected chi connectivity index (χ0v) is 76.9. The largest absolute Gasteiger partial charge is 0.487 e. The Morgan fingerprint density at radius 2 is 0.615 bits per heavy atom. The molecule has 0 spiro atoms. The highest BCUT2D eigenvalue weighted by molar-refractivity contribution is 5.99. The normalized spacial score (nSPS) is 14.0. The van der Waals surface area contributed by atoms with Gasteiger partial charge in [-0.05, 0) is 197 Å². The lowest BCUT2D eigenvalue weighted by atomic mass is 9.90. The SMILES string of the molecule is C#Cc1ccc(C2CN(C(=O)c3ccc(C)c(-c4[nH]nc(OCCCO)c4C)c3)C2)cc1.Cc1ccc(C(=O)N2CC(c3ccc(OC(C)(F)F)cc3)C2)cc1-c1[nH]nc(OCCO)c1C.Cc1ccc(C(=O)N2CC(c3ccc(OC(C)(F)F)cc3)C2)cc1-c1[nH]nc(OCCO)c1C.Cc1ccc(C(=O)N2CC(c3ccc(OCC(C)(F)F)cc3)C2)cc1-c1[nH]nc(OCCO)c1C. The number of amides is 4. The average molecular weight is 1860 g/mol. The molecule has 0 radical (unpaired) electrons. The number of terminal acetylenes is 1. The Hall–Kier alpha value is -13.9. The number of nitrogens with zero attached hydrogens (tertiary/aromatic N) is 8. The molecule has 8 aromatic carbocycles. The van der Waals surface area contributed by atoms with Gasteiger partial charge in [-0.15, -0.1) is 26.8 Å². The number of benzene rings is 8. The van der Waals surface area contributed by atoms with E-state index >= 15 is 0 Å². The predicted molar refractivity (Wildman–Crippen MR) is 496 cm³/mol. The summed E-state index contributed by atoms with van der Waals surface area (Å²) < 4.78 is 114. The molecule has 0 unspecified atom stereocenters. The van der Waals surface area contributed by atoms with Crippen molar-refractivity contribution in [2.45, 2.75) is 124 Å². The molecule has 4 aliphatic heterocycles. The third kappa shape index (κ3) is 24.6. The molecule has 135 heavy (non-hydrogen) atoms. The first-order valence-corrected chi connectivity index (χ1v) is 44.3. The minimum Gasteiger partial charge on any atom is -0.487 e. The van der Waals surface area contributed by atoms with E-state index in [-0.39, 0.29) is 99.1 Å². The summed E-state index contributed by atoms with van der Waals surface area (Å²) in [7, 11) is 0. The molecule has 0 saturated carbocycles. The number of rotatable bonds is 32. The van der Waals surface area contributed by atoms with Crippen LogP contribution in [0.1, 0.15) is 165 Å². The van der Waals surface area contributed by atoms with Crippen LogP contribution in [0.3, 0.4) is 0 Å². The van der Waals surface area contributed by atoms with E-state index in [1.54, 1.807) is 63.2 Å². The van der Waals surface area contributed by atoms with Gasteiger partial charge in [0.1, 0.15) is 37.1 Å². The van der Waals surface area contributed by atoms with E-state index in [0.29, 0.717) is 137 Å². The fourth-order valence-electron chi connectivity index (χ4n) is 16.0. The molecule has 4 aliphatic rings. The summed E-state index contributed by atoms with van der Waals surface area (Å²) in [6.07, 6.45) is -0.473. The van der Waals surface area contributed by atoms with Crippen molar-refractivity contribution < 1.29 is 99.1 Å². The van der Waals surface area contributed by atoms with Crippen LogP contribution in [-0.2, 0) is 0 Å². The molecular formula is C102H110F6N12O15. The quantitative estimate of drug-likeness (QED) is 0.0110. The summed E-state index contributed by atoms with van der Waals surface area (Å²) >= 11 is 0. The maximum atomic E-state index is 13.1. The lowest BCUT2D eigenvalue weighted by molar-refractivity contribution is -0.159. The topological polar surface area (TPSA) is 341 Å². The molecule has 0 aliphatic carbocycles. The number of likely N-dealkylation sites (tertiary alicyclic amines) is 4. The Balaban J connectivity index is 0.000000153. The molecule has 0 atom stereocenters. The third-order valence-electron chi connectivity index (χ3n) is 23.8. The second-order valence-electron chi connectivity index (χ2n) is 34.2. The summed E-state index contributed by atoms with van der Waals surface area (Å²) in [6, 6.07) is 50.6. The minimum absolute atomic E-state index is 0.0272. The van der Waals surface area contributed by atoms with Gasteiger partial charge in [0.15, 0.2) is 6.61 Å². The number of hydrogen-bond donors (Lipinski definition) is 8. The second-order valence-corrected chi connectivity index (χ2v) is 34.2. The number of carbonyl (C=O) groups is 4. The zero-order chi connectivity index (χ0) is 96.7. The summed E-state index contributed by atoms with van der Waals surface area (Å²) in [6.45, 7) is 22.4. The van der Waals surface area contributed by atoms with Crippen molar-refractivity contribution in [3.63, 3.8) is 0 Å². The highest BCUT2D eigenvalue weighted by atomic mass is 19.3. The van der Waals surface area contributed by atoms with Gasteiger partial charge in [-0.3, -0.25) is 39.6 Å². The molecule has 4 aromatic heterocycles. The Bertz CT molecular complexity index is 5970. The maximum Gasteiger partial charge on any atom is 0.394 e. The molecule has 4 saturated heterocycles. The van der Waals surface area contributed by atoms with Crippen molar-refractivity contribution in [2.24, 2.45) is 0 Å². The molecule has 12 aromatic rings. The standard InChI is InChI=1S/C26H29F2N3O4.C26H27N3O3.2C25H27F2N3O4/c1-16-4-5-19(12-22(16)23-17(2)24(30-29-23)34-11-10-32)25(33)31-13-20(14-31)18-6-8-21(9-7-18)35-15-26(3,27)28;1-4-19-7-10-20(11-8-19)22-15-29(16-22)26(31)21-9-6-17(2)23(14-21)24-18(3)25(28-27-24)32-13-5-12-30;2*1-15-4-5-18(12-21(15)22-16(2)23(29-28-22)33-11-10-31)24(32)30-13-19(14-30)17-6-8-20(9-7-17)34-25(3,26)27/h4-9,12,20,32H,10-11,13-15H2,1-3H3,(H,29,30);1,6-11,14,22,30H,5,12-13,15-16H2,2-3H3,(H,27,28);2*4-9,12,19,31H,10-11,13-14H2,1-3H3,(H,28,29). The van der Waals surface area contributed by atoms with Crippen LogP contribution in [-0.4, -0.2) is 234 Å². The van der Waals surface area contributed by atoms with E-state index in [1.807, 2.05) is 157 Å². The Labute approximate surface area is 778 Å². The second kappa shape index (κ2) is 43.4. The van der Waals surface area contributed by atoms with Crippen molar-refractivity contribution in [1.82, 2.24) is 60.4 Å². The van der Waals surface area contributed by atoms with Crippen LogP contribution < -0.4 is 33.2 Å². The predicted octanol–water partition coefficient (Wildman–Crippen LogP) is 16.6. The molecular weight excluding hydrogens is 1750 g/mol. The van der Waals surface area contributed by atoms with Crippen LogP contribution in [0, 0.1) is 67.7 Å². The summed E-state index contributed by atoms with van der Waals surface area (Å²) in [5.41, 5.74) is 21.4. The zero-order valence-electron chi connectivity index (χ0n) is 76.9. The van der Waals surface area contributed by atoms with Crippen molar-refractivity contribution in [1.29, 1.82) is 0 Å². The number of nitrogens with one attached hydrogen (secondary N) is 4. The lowest BCUT2D eigenvalue weighted by Crippen LogP contribution is -2.48. The minimum atomic E-state index is -3.23. The first kappa shape index (κ1) is 98.6. The first-order valence-electron chi connectivity index (χ1n) is 44.3. The number of aryl methyl sites for hydroxylation is 4. The van der Waals surface area contributed by atoms with Gasteiger partial charge in [-0.2, -0.15) is 17.6 Å². The van der Waals surface area contributed by atoms with Gasteiger partial charge in [0.2, 0.25) is 23.5 Å². The molecule has 0 bridgehead atoms. The van der Waals surface area contributed by atoms with Crippen LogP contribution in [0.5, 0.6) is 40.8 Å². The van der Waals surface area contributed by atoms with Gasteiger partial charge < -0.3 is 73.2 Å². The van der Waals surface area contributed by atoms with Gasteiger partial charge in [-0.1, -0.05) is 78.7 Å². The molecule has 8 N–H and O–H groups in total. The molecule has 4 amide bonds. The molecule has 27 nitrogen and oxygen atoms in total. The number of alkyl halides is 6. The number of hydrogen-bond acceptors (Lipinski definition) is 19. The highest BCUT2D eigenvalue weighted by Gasteiger charge is 2.38. The molecule has 8 heterocycles. The van der Waals surface area contributed by atoms with Gasteiger partial charge in [0.25, 0.3) is 29.6 Å². The number of H-pyrrole nitrogens is 4. The number of ether oxygens (including phenoxy) is 7. The number of aliphatic hydroxyl groups excluding tert-OH is 4. The van der Waals surface area contributed by atoms with Crippen LogP contribution in [0.15, 0.2) is 170 Å². The monoisotopic (exact) mass is 1860 g/mol. The number of aliphatic hydroxyl groups is 4. The van der Waals surface area contributed by atoms with E-state index in [2.05, 4.69) is 56.2 Å². The Morgan fingerprint density at radius 1 is 0.363 bits per heavy atom. The van der Waals surface area contributed by atoms with Crippen LogP contribution in [0.4, 0.5) is 26.3 Å². The van der Waals surface area contributed by atoms with E-state index in [0.717, 1.165) is 119 Å². The number of halogens is 6. The van der Waals surface area contributed by atoms with Crippen molar-refractivity contribution in [3.8, 4) is 98.1 Å². The van der Waals surface area contributed by atoms with Gasteiger partial charge >= 0.3 is 12.2 Å². The Morgan fingerprint density at radius 3 is 0.852 bits per heavy atom. The van der Waals surface area contributed by atoms with E-state index in [1.165, 1.54) is 29.8 Å². The molecule has 4 fully saturated rings. The Kier molecular flexibility index (Phi) is 31.7. The maximum absolute atomic E-state index is 13.1. The van der Waals surface area contributed by atoms with Crippen molar-refractivity contribution >= 4 is 23.6 Å². The average Bonchev–Trinajstić information content (AvgIpc) is 1.77. The fourth-order valence-corrected chi connectivity index (χ4v) is 16.0. The van der Waals surface area contributed by atoms with E-state index < -0.39 is 24.7 Å². The summed E-state index contributed by atoms with van der Waals surface area (Å²) in [4.78, 5) is 59.6. The number of aromatic nitrogens is 8. The lowest BCUT2D eigenvalue weighted by Gasteiger charge is -2.39. The first-order chi connectivity index (χ1) is 64.5. The smallest absolute Gasteiger partial charge is 0.394 e. The van der Waals surface area contributed by atoms with Crippen molar-refractivity contribution in [2.75, 3.05) is 112 Å². The van der Waals surface area contributed by atoms with E-state index in [9.17, 15) is 45.5 Å². The van der Waals surface area contributed by atoms with E-state index in [4.69, 9.17) is 50.5 Å². The fraction of sp³-hybridized carbons (Fsp3) is 0.353. The van der Waals surface area contributed by atoms with Crippen LogP contribution in [0.25, 0.3) is 45.0 Å². The van der Waals surface area contributed by atoms with Gasteiger partial charge in [0.05, 0.1) is 49.2 Å². The number of carbonyl (C=O) groups excluding carboxylic acids is 4. The summed E-state index contributed by atoms with van der Waals surface area (Å²) in [5.74, 6) is 2.79.